The van der Waals surface area contributed by atoms with Gasteiger partial charge in [0.05, 0.1) is 19.1 Å². The summed E-state index contributed by atoms with van der Waals surface area (Å²) in [6.07, 6.45) is 1.34. The summed E-state index contributed by atoms with van der Waals surface area (Å²) in [7, 11) is 0. The van der Waals surface area contributed by atoms with Crippen LogP contribution in [0.15, 0.2) is 24.3 Å². The van der Waals surface area contributed by atoms with E-state index in [1.165, 1.54) is 11.1 Å². The summed E-state index contributed by atoms with van der Waals surface area (Å²) in [5, 5.41) is 6.18. The highest BCUT2D eigenvalue weighted by atomic mass is 16.5. The predicted molar refractivity (Wildman–Crippen MR) is 75.1 cm³/mol. The van der Waals surface area contributed by atoms with Gasteiger partial charge in [0.1, 0.15) is 0 Å². The molecule has 2 rings (SSSR count). The van der Waals surface area contributed by atoms with Crippen LogP contribution in [0.5, 0.6) is 0 Å². The smallest absolute Gasteiger partial charge is 0.222 e. The van der Waals surface area contributed by atoms with Crippen LogP contribution in [-0.2, 0) is 16.0 Å². The van der Waals surface area contributed by atoms with Crippen LogP contribution >= 0.6 is 0 Å². The summed E-state index contributed by atoms with van der Waals surface area (Å²) in [6, 6.07) is 8.27. The zero-order chi connectivity index (χ0) is 13.5. The minimum absolute atomic E-state index is 0.0206. The van der Waals surface area contributed by atoms with Crippen molar-refractivity contribution in [3.63, 3.8) is 0 Å². The lowest BCUT2D eigenvalue weighted by atomic mass is 10.1. The van der Waals surface area contributed by atoms with Crippen molar-refractivity contribution in [3.8, 4) is 0 Å². The quantitative estimate of drug-likeness (QED) is 0.833. The molecule has 1 saturated heterocycles. The molecule has 1 heterocycles. The summed E-state index contributed by atoms with van der Waals surface area (Å²) in [5.41, 5.74) is 2.56. The second-order valence-corrected chi connectivity index (χ2v) is 4.93. The van der Waals surface area contributed by atoms with E-state index in [0.717, 1.165) is 19.5 Å². The topological polar surface area (TPSA) is 50.4 Å². The second-order valence-electron chi connectivity index (χ2n) is 4.93. The maximum absolute atomic E-state index is 11.8. The predicted octanol–water partition coefficient (Wildman–Crippen LogP) is 1.03. The molecule has 4 nitrogen and oxygen atoms in total. The molecule has 1 unspecified atom stereocenters. The number of amides is 1. The third-order valence-electron chi connectivity index (χ3n) is 3.40. The molecular weight excluding hydrogens is 240 g/mol. The summed E-state index contributed by atoms with van der Waals surface area (Å²) in [5.74, 6) is 0.0716. The number of ether oxygens (including phenoxy) is 1. The van der Waals surface area contributed by atoms with Gasteiger partial charge in [0.25, 0.3) is 0 Å². The first kappa shape index (κ1) is 14.0. The first-order valence-corrected chi connectivity index (χ1v) is 6.89. The van der Waals surface area contributed by atoms with Crippen molar-refractivity contribution in [2.45, 2.75) is 25.9 Å². The van der Waals surface area contributed by atoms with Crippen molar-refractivity contribution >= 4 is 5.91 Å². The number of nitrogens with one attached hydrogen (secondary N) is 2. The van der Waals surface area contributed by atoms with Gasteiger partial charge in [-0.05, 0) is 24.5 Å². The Morgan fingerprint density at radius 2 is 2.32 bits per heavy atom. The molecule has 0 aliphatic carbocycles. The number of rotatable bonds is 5. The molecule has 1 aliphatic rings. The molecule has 1 fully saturated rings. The first-order valence-electron chi connectivity index (χ1n) is 6.89. The Hall–Kier alpha value is -1.39. The molecule has 1 aromatic rings. The van der Waals surface area contributed by atoms with Gasteiger partial charge in [-0.1, -0.05) is 24.3 Å². The van der Waals surface area contributed by atoms with Crippen molar-refractivity contribution in [1.29, 1.82) is 0 Å². The number of carbonyl (C=O) groups is 1. The highest BCUT2D eigenvalue weighted by molar-refractivity contribution is 5.76. The van der Waals surface area contributed by atoms with E-state index in [1.54, 1.807) is 0 Å². The molecule has 0 radical (unpaired) electrons. The average Bonchev–Trinajstić information content (AvgIpc) is 2.42. The average molecular weight is 262 g/mol. The summed E-state index contributed by atoms with van der Waals surface area (Å²) < 4.78 is 5.51. The molecule has 104 valence electrons. The zero-order valence-electron chi connectivity index (χ0n) is 11.4. The van der Waals surface area contributed by atoms with Gasteiger partial charge >= 0.3 is 0 Å². The molecular formula is C15H22N2O2. The van der Waals surface area contributed by atoms with Crippen LogP contribution in [0.4, 0.5) is 0 Å². The van der Waals surface area contributed by atoms with E-state index in [0.29, 0.717) is 19.6 Å². The molecule has 0 saturated carbocycles. The van der Waals surface area contributed by atoms with Gasteiger partial charge in [0.15, 0.2) is 0 Å². The van der Waals surface area contributed by atoms with Gasteiger partial charge in [0.2, 0.25) is 5.91 Å². The Morgan fingerprint density at radius 1 is 1.47 bits per heavy atom. The van der Waals surface area contributed by atoms with Crippen molar-refractivity contribution in [2.75, 3.05) is 26.2 Å². The third kappa shape index (κ3) is 4.65. The SMILES string of the molecule is Cc1ccccc1CCNC(=O)CC1CNCCO1. The maximum atomic E-state index is 11.8. The van der Waals surface area contributed by atoms with Crippen molar-refractivity contribution < 1.29 is 9.53 Å². The molecule has 19 heavy (non-hydrogen) atoms. The van der Waals surface area contributed by atoms with Gasteiger partial charge in [-0.25, -0.2) is 0 Å². The Labute approximate surface area is 114 Å². The number of hydrogen-bond acceptors (Lipinski definition) is 3. The van der Waals surface area contributed by atoms with Crippen LogP contribution < -0.4 is 10.6 Å². The van der Waals surface area contributed by atoms with Crippen molar-refractivity contribution in [3.05, 3.63) is 35.4 Å². The van der Waals surface area contributed by atoms with E-state index in [-0.39, 0.29) is 12.0 Å². The minimum atomic E-state index is 0.0206. The number of benzene rings is 1. The Balaban J connectivity index is 1.67. The lowest BCUT2D eigenvalue weighted by molar-refractivity contribution is -0.124. The molecule has 1 atom stereocenters. The van der Waals surface area contributed by atoms with E-state index < -0.39 is 0 Å². The highest BCUT2D eigenvalue weighted by Crippen LogP contribution is 2.07. The fraction of sp³-hybridized carbons (Fsp3) is 0.533. The van der Waals surface area contributed by atoms with Gasteiger partial charge in [-0.2, -0.15) is 0 Å². The van der Waals surface area contributed by atoms with Crippen molar-refractivity contribution in [1.82, 2.24) is 10.6 Å². The number of hydrogen-bond donors (Lipinski definition) is 2. The zero-order valence-corrected chi connectivity index (χ0v) is 11.4. The highest BCUT2D eigenvalue weighted by Gasteiger charge is 2.16. The van der Waals surface area contributed by atoms with Crippen LogP contribution in [0.25, 0.3) is 0 Å². The number of morpholine rings is 1. The van der Waals surface area contributed by atoms with Crippen molar-refractivity contribution in [2.24, 2.45) is 0 Å². The molecule has 1 amide bonds. The Bertz CT molecular complexity index is 414. The minimum Gasteiger partial charge on any atom is -0.375 e. The van der Waals surface area contributed by atoms with E-state index in [9.17, 15) is 4.79 Å². The van der Waals surface area contributed by atoms with Gasteiger partial charge in [-0.15, -0.1) is 0 Å². The number of carbonyl (C=O) groups excluding carboxylic acids is 1. The Kier molecular flexibility index (Phi) is 5.36. The van der Waals surface area contributed by atoms with Gasteiger partial charge < -0.3 is 15.4 Å². The molecule has 2 N–H and O–H groups in total. The summed E-state index contributed by atoms with van der Waals surface area (Å²) in [6.45, 7) is 5.13. The molecule has 0 bridgehead atoms. The molecule has 1 aromatic carbocycles. The standard InChI is InChI=1S/C15H22N2O2/c1-12-4-2-3-5-13(12)6-7-17-15(18)10-14-11-16-8-9-19-14/h2-5,14,16H,6-11H2,1H3,(H,17,18). The van der Waals surface area contributed by atoms with Crippen LogP contribution in [0.1, 0.15) is 17.5 Å². The molecule has 4 heteroatoms. The van der Waals surface area contributed by atoms with E-state index in [4.69, 9.17) is 4.74 Å². The van der Waals surface area contributed by atoms with Gasteiger partial charge in [-0.3, -0.25) is 4.79 Å². The second kappa shape index (κ2) is 7.26. The maximum Gasteiger partial charge on any atom is 0.222 e. The monoisotopic (exact) mass is 262 g/mol. The third-order valence-corrected chi connectivity index (χ3v) is 3.40. The normalized spacial score (nSPS) is 19.1. The number of aryl methyl sites for hydroxylation is 1. The fourth-order valence-electron chi connectivity index (χ4n) is 2.26. The molecule has 1 aliphatic heterocycles. The van der Waals surface area contributed by atoms with Crippen LogP contribution in [-0.4, -0.2) is 38.3 Å². The Morgan fingerprint density at radius 3 is 3.05 bits per heavy atom. The van der Waals surface area contributed by atoms with Crippen LogP contribution in [0.2, 0.25) is 0 Å². The lowest BCUT2D eigenvalue weighted by Gasteiger charge is -2.23. The first-order chi connectivity index (χ1) is 9.25. The van der Waals surface area contributed by atoms with Crippen LogP contribution in [0.3, 0.4) is 0 Å². The van der Waals surface area contributed by atoms with E-state index in [1.807, 2.05) is 12.1 Å². The van der Waals surface area contributed by atoms with E-state index >= 15 is 0 Å². The van der Waals surface area contributed by atoms with Crippen LogP contribution in [0, 0.1) is 6.92 Å². The summed E-state index contributed by atoms with van der Waals surface area (Å²) >= 11 is 0. The summed E-state index contributed by atoms with van der Waals surface area (Å²) in [4.78, 5) is 11.8. The molecule has 0 spiro atoms. The fourth-order valence-corrected chi connectivity index (χ4v) is 2.26. The molecule has 0 aromatic heterocycles. The van der Waals surface area contributed by atoms with Gasteiger partial charge in [0, 0.05) is 19.6 Å². The lowest BCUT2D eigenvalue weighted by Crippen LogP contribution is -2.41. The largest absolute Gasteiger partial charge is 0.375 e. The van der Waals surface area contributed by atoms with E-state index in [2.05, 4.69) is 29.7 Å².